The van der Waals surface area contributed by atoms with Crippen LogP contribution in [0, 0.1) is 69.1 Å². The zero-order valence-corrected chi connectivity index (χ0v) is 79.3. The van der Waals surface area contributed by atoms with Crippen LogP contribution >= 0.6 is 8.86 Å². The number of esters is 6. The van der Waals surface area contributed by atoms with Gasteiger partial charge in [0.2, 0.25) is 12.3 Å². The molecule has 20 atom stereocenters. The third-order valence-electron chi connectivity index (χ3n) is 16.1. The second kappa shape index (κ2) is 60.6. The number of ether oxygens (including phenoxy) is 20. The monoisotopic (exact) mass is 2130 g/mol. The number of nitro groups is 2. The molecule has 0 spiro atoms. The first kappa shape index (κ1) is 121. The summed E-state index contributed by atoms with van der Waals surface area (Å²) in [4.78, 5) is 93.8. The third-order valence-corrected chi connectivity index (χ3v) is 16.5. The molecule has 121 heavy (non-hydrogen) atoms. The Balaban J connectivity index is -0.000000421. The van der Waals surface area contributed by atoms with E-state index in [2.05, 4.69) is 38.0 Å². The number of hydrogen-bond donors (Lipinski definition) is 11. The topological polar surface area (TPSA) is 705 Å². The molecule has 53 heteroatoms. The molecular formula is C68H116BIN2NaO46PU. The number of aldehydes is 1. The Kier molecular flexibility index (Phi) is 60.6. The first-order valence-electron chi connectivity index (χ1n) is 36.2. The van der Waals surface area contributed by atoms with Crippen LogP contribution in [0.2, 0.25) is 0 Å². The van der Waals surface area contributed by atoms with Crippen LogP contribution in [0.25, 0.3) is 0 Å². The van der Waals surface area contributed by atoms with Gasteiger partial charge in [0, 0.05) is 90.5 Å². The fourth-order valence-corrected chi connectivity index (χ4v) is 10.7. The molecule has 10 aliphatic rings. The van der Waals surface area contributed by atoms with Crippen LogP contribution in [-0.4, -0.2) is 359 Å². The summed E-state index contributed by atoms with van der Waals surface area (Å²) in [7, 11) is 14.3. The van der Waals surface area contributed by atoms with Crippen molar-refractivity contribution in [3.05, 3.63) is 56.2 Å². The van der Waals surface area contributed by atoms with Crippen LogP contribution in [0.3, 0.4) is 0 Å². The Morgan fingerprint density at radius 1 is 0.702 bits per heavy atom. The maximum absolute atomic E-state index is 11.4. The maximum atomic E-state index is 11.4. The number of aliphatic hydroxyl groups is 11. The van der Waals surface area contributed by atoms with Crippen molar-refractivity contribution in [1.29, 1.82) is 1.34 Å². The van der Waals surface area contributed by atoms with E-state index in [-0.39, 0.29) is 150 Å². The fourth-order valence-electron chi connectivity index (χ4n) is 10.5. The molecule has 9 unspecified atom stereocenters. The molecule has 10 aliphatic heterocycles. The van der Waals surface area contributed by atoms with Crippen molar-refractivity contribution in [2.24, 2.45) is 17.8 Å². The molecule has 48 nitrogen and oxygen atoms in total. The molecule has 2 radical (unpaired) electrons. The smallest absolute Gasteiger partial charge is 0.505 e. The Labute approximate surface area is 756 Å². The molecule has 0 saturated carbocycles. The molecule has 10 rings (SSSR count). The number of rotatable bonds is 21. The maximum Gasteiger partial charge on any atom is 1.00 e. The third kappa shape index (κ3) is 49.1. The molecule has 0 aromatic rings. The van der Waals surface area contributed by atoms with Gasteiger partial charge in [0.1, 0.15) is 68.9 Å². The number of carbonyl (C=O) groups is 7. The molecule has 694 valence electrons. The molecular weight excluding hydrogens is 2010 g/mol. The van der Waals surface area contributed by atoms with Gasteiger partial charge < -0.3 is 156 Å². The molecule has 10 heterocycles. The van der Waals surface area contributed by atoms with Crippen LogP contribution in [0.5, 0.6) is 0 Å². The van der Waals surface area contributed by atoms with E-state index in [4.69, 9.17) is 147 Å². The average Bonchev–Trinajstić information content (AvgIpc) is 1.68. The number of halogens is 1. The van der Waals surface area contributed by atoms with Crippen molar-refractivity contribution in [2.45, 2.75) is 223 Å². The van der Waals surface area contributed by atoms with Gasteiger partial charge in [-0.3, -0.25) is 43.6 Å². The quantitative estimate of drug-likeness (QED) is 0.00486. The average molecular weight is 2130 g/mol. The van der Waals surface area contributed by atoms with Crippen LogP contribution in [0.1, 0.15) is 96.9 Å². The van der Waals surface area contributed by atoms with Crippen molar-refractivity contribution < 1.29 is 290 Å². The molecule has 0 bridgehead atoms. The summed E-state index contributed by atoms with van der Waals surface area (Å²) in [5, 5.41) is 118. The number of hydrogen-bond acceptors (Lipinski definition) is 46. The molecule has 0 amide bonds. The second-order valence-electron chi connectivity index (χ2n) is 27.3. The first-order valence-corrected chi connectivity index (χ1v) is 39.7. The number of cyclic esters (lactones) is 3. The number of fused-ring (bicyclic) bond motifs is 1. The second-order valence-corrected chi connectivity index (χ2v) is 30.0. The molecule has 11 N–H and O–H groups in total. The summed E-state index contributed by atoms with van der Waals surface area (Å²) in [5.41, 5.74) is 0.691. The van der Waals surface area contributed by atoms with Crippen molar-refractivity contribution in [3.63, 3.8) is 0 Å². The van der Waals surface area contributed by atoms with Gasteiger partial charge in [-0.2, -0.15) is 0 Å². The summed E-state index contributed by atoms with van der Waals surface area (Å²) in [5.74, 6) is -7.84. The molecule has 9 saturated heterocycles. The molecule has 9 fully saturated rings. The van der Waals surface area contributed by atoms with E-state index in [0.717, 1.165) is 19.1 Å². The van der Waals surface area contributed by atoms with E-state index in [0.29, 0.717) is 51.4 Å². The van der Waals surface area contributed by atoms with Gasteiger partial charge in [-0.1, -0.05) is 15.4 Å². The molecule has 0 aliphatic carbocycles. The minimum Gasteiger partial charge on any atom is -0.505 e. The van der Waals surface area contributed by atoms with E-state index in [1.54, 1.807) is 96.8 Å². The van der Waals surface area contributed by atoms with Crippen molar-refractivity contribution in [3.8, 4) is 0 Å². The number of allylic oxidation sites excluding steroid dienone is 1. The van der Waals surface area contributed by atoms with Crippen LogP contribution in [-0.2, 0) is 128 Å². The first-order chi connectivity index (χ1) is 55.6. The predicted molar refractivity (Wildman–Crippen MR) is 390 cm³/mol. The van der Waals surface area contributed by atoms with E-state index < -0.39 is 181 Å². The van der Waals surface area contributed by atoms with Gasteiger partial charge >= 0.3 is 65.4 Å². The normalized spacial score (nSPS) is 29.2. The van der Waals surface area contributed by atoms with Gasteiger partial charge in [0.05, 0.1) is 121 Å². The standard InChI is InChI=1S/C11H19NO6.C10H16O4.C9H14O6.C8H15O4P.C7H10O4.C6H10O6.C6H8O6.C6H10O3.C4H8O.CH3NO2.BH.IO4.Na.U.H2/c1-4-16-10(13)5-8(6-12(14)15)9-7-17-11(2,3)18-9;1-4-12-9(11)6-5-8-7-13-10(2,3)14-8;1-9(2)13-3-4(15-9)7-5(10)6(11)8(12)14-7;1-10-7(13)3-5-6(9)4-12-8(5)11-2;1-9-7-4-2-6(8)11-5(4)3-10-7;2*7-1-2(8)5-3(9)4(10)6(11)12-5;1-6(2)8-4-5(3-7)9-6;1-4(2)5-3;1-2(3)4;;2-1(3,4)5;;;/h8-9H,4-7H2,1-3H3;5-6,8H,4,7H2,1-3H3;4-7,10-11H,3H2,1-2H3;5-6,8-9,13H,3-4H2,1-2H3;4-5,7H,2-3H2,1H3;2-5,7-10H,1H2;2,5,7-10H,1H2;3,5H,4H2,1-2H3;1H2,2-3H3;1H3;1H;;;;1H/q;;;;;;;;;;;-1;+1;;/b;6-5+;;;;;;;;;;;;;/t8-,9+;8-;4-,5?,6?,7?;5-,6+,8?;4-,5-,7?;2-,3?,4?,5?;2-,5?;5-;;;;;;;/m11010001......./s1/i;;;;;;;;;;1D;;;;. The summed E-state index contributed by atoms with van der Waals surface area (Å²) in [6.45, 7) is 24.1. The number of nitrogens with zero attached hydrogens (tertiary/aromatic N) is 2. The number of methoxy groups -OCH3 is 4. The van der Waals surface area contributed by atoms with Gasteiger partial charge in [-0.15, -0.1) is 0 Å². The Morgan fingerprint density at radius 3 is 1.55 bits per heavy atom. The van der Waals surface area contributed by atoms with Gasteiger partial charge in [0.15, 0.2) is 85.3 Å². The van der Waals surface area contributed by atoms with Crippen LogP contribution in [0.4, 0.5) is 0 Å². The van der Waals surface area contributed by atoms with Gasteiger partial charge in [-0.25, -0.2) is 19.2 Å². The van der Waals surface area contributed by atoms with Crippen LogP contribution in [0.15, 0.2) is 36.0 Å². The Bertz CT molecular complexity index is 3200. The van der Waals surface area contributed by atoms with Gasteiger partial charge in [0.25, 0.3) is 0 Å². The minimum absolute atomic E-state index is 0. The van der Waals surface area contributed by atoms with E-state index in [1.807, 2.05) is 13.8 Å². The van der Waals surface area contributed by atoms with Crippen molar-refractivity contribution in [2.75, 3.05) is 108 Å². The molecule has 0 aromatic heterocycles. The van der Waals surface area contributed by atoms with Gasteiger partial charge in [-0.05, 0) is 83.6 Å². The summed E-state index contributed by atoms with van der Waals surface area (Å²) >= 11 is -5.94. The van der Waals surface area contributed by atoms with Crippen molar-refractivity contribution >= 4 is 64.8 Å². The summed E-state index contributed by atoms with van der Waals surface area (Å²) in [6.07, 6.45) is -9.90. The Hall–Kier alpha value is -4.11. The van der Waals surface area contributed by atoms with Crippen molar-refractivity contribution in [1.82, 2.24) is 0 Å². The summed E-state index contributed by atoms with van der Waals surface area (Å²) < 4.78 is 140. The summed E-state index contributed by atoms with van der Waals surface area (Å²) in [6, 6.07) is 0. The van der Waals surface area contributed by atoms with Crippen LogP contribution < -0.4 is 63.4 Å². The van der Waals surface area contributed by atoms with E-state index in [9.17, 15) is 59.0 Å². The predicted octanol–water partition coefficient (Wildman–Crippen LogP) is -13.0. The van der Waals surface area contributed by atoms with E-state index >= 15 is 0 Å². The Morgan fingerprint density at radius 2 is 1.17 bits per heavy atom. The minimum atomic E-state index is -5.94. The SMILES string of the molecule is C=C(C)OC.CC1(C)OC[C@@H](C2OC(=O)C(O)C2O)O1.CC1(C)OC[C@@H](C=O)O1.CCOC(=O)/C=C/[C@@H]1COC(C)(C)O1.CCOC(=O)C[C@H](C[N+](=O)[O-])[C@@H]1COC(C)(C)O1.COC(=P)C[C@H]1C(OC)OC[C@@H]1O.COC1OC[C@@H]2OC(=O)C[C@H]12.C[N+](=O)[O-].O=C1OC([C@@H](O)CO)C(O)=C1O.O=C1OC([C@@H](O)CO)C(O)C1O.[2H][B].[HH].[Na+].[O-][I+3]([O-])([O-])[O-].[U]. The zero-order chi connectivity index (χ0) is 93.1. The molecule has 0 aromatic carbocycles. The zero-order valence-electron chi connectivity index (χ0n) is 70.9. The largest absolute Gasteiger partial charge is 1.00 e. The number of carbonyl (C=O) groups excluding carboxylic acids is 7. The fraction of sp³-hybridized carbons (Fsp3) is 0.794. The number of aliphatic hydroxyl groups excluding tert-OH is 11. The van der Waals surface area contributed by atoms with E-state index in [1.165, 1.54) is 6.08 Å².